The average molecular weight is 327 g/mol. The minimum Gasteiger partial charge on any atom is -0.235 e. The Morgan fingerprint density at radius 1 is 0.696 bits per heavy atom. The second kappa shape index (κ2) is 6.22. The van der Waals surface area contributed by atoms with Crippen LogP contribution in [0.1, 0.15) is 0 Å². The summed E-state index contributed by atoms with van der Waals surface area (Å²) in [6.45, 7) is 0. The van der Waals surface area contributed by atoms with Crippen LogP contribution < -0.4 is 4.31 Å². The first kappa shape index (κ1) is 15.2. The molecule has 5 heteroatoms. The normalized spacial score (nSPS) is 11.2. The van der Waals surface area contributed by atoms with Crippen molar-refractivity contribution in [3.8, 4) is 0 Å². The highest BCUT2D eigenvalue weighted by Gasteiger charge is 2.26. The van der Waals surface area contributed by atoms with E-state index in [2.05, 4.69) is 0 Å². The molecule has 23 heavy (non-hydrogen) atoms. The van der Waals surface area contributed by atoms with Gasteiger partial charge in [0.1, 0.15) is 5.82 Å². The van der Waals surface area contributed by atoms with Crippen LogP contribution in [0.3, 0.4) is 0 Å². The van der Waals surface area contributed by atoms with Crippen LogP contribution in [0.15, 0.2) is 89.8 Å². The molecular formula is C18H14FNO2S. The van der Waals surface area contributed by atoms with Crippen molar-refractivity contribution in [2.75, 3.05) is 4.31 Å². The molecule has 3 rings (SSSR count). The Kier molecular flexibility index (Phi) is 4.12. The van der Waals surface area contributed by atoms with Crippen molar-refractivity contribution in [1.82, 2.24) is 0 Å². The molecule has 0 spiro atoms. The molecule has 0 heterocycles. The SMILES string of the molecule is O=S(=O)(c1cccc(F)c1)N(c1ccccc1)c1ccccc1. The molecule has 0 N–H and O–H groups in total. The van der Waals surface area contributed by atoms with Crippen LogP contribution in [0.2, 0.25) is 0 Å². The third-order valence-electron chi connectivity index (χ3n) is 3.32. The molecule has 0 saturated carbocycles. The summed E-state index contributed by atoms with van der Waals surface area (Å²) in [5.41, 5.74) is 0.978. The van der Waals surface area contributed by atoms with Gasteiger partial charge in [0, 0.05) is 0 Å². The molecule has 3 nitrogen and oxygen atoms in total. The quantitative estimate of drug-likeness (QED) is 0.714. The number of rotatable bonds is 4. The summed E-state index contributed by atoms with van der Waals surface area (Å²) in [6, 6.07) is 22.4. The van der Waals surface area contributed by atoms with E-state index in [9.17, 15) is 12.8 Å². The summed E-state index contributed by atoms with van der Waals surface area (Å²) in [5, 5.41) is 0. The van der Waals surface area contributed by atoms with Crippen LogP contribution in [0.4, 0.5) is 15.8 Å². The number of hydrogen-bond acceptors (Lipinski definition) is 2. The van der Waals surface area contributed by atoms with Crippen molar-refractivity contribution in [3.63, 3.8) is 0 Å². The molecule has 3 aromatic carbocycles. The van der Waals surface area contributed by atoms with Gasteiger partial charge in [-0.25, -0.2) is 17.1 Å². The molecule has 3 aromatic rings. The maximum atomic E-state index is 13.5. The van der Waals surface area contributed by atoms with Crippen LogP contribution in [0.25, 0.3) is 0 Å². The van der Waals surface area contributed by atoms with Crippen molar-refractivity contribution >= 4 is 21.4 Å². The Balaban J connectivity index is 2.20. The van der Waals surface area contributed by atoms with Crippen molar-refractivity contribution in [1.29, 1.82) is 0 Å². The van der Waals surface area contributed by atoms with Crippen LogP contribution >= 0.6 is 0 Å². The highest BCUT2D eigenvalue weighted by molar-refractivity contribution is 7.93. The number of para-hydroxylation sites is 2. The fourth-order valence-electron chi connectivity index (χ4n) is 2.29. The maximum Gasteiger partial charge on any atom is 0.268 e. The molecule has 0 saturated heterocycles. The molecule has 0 radical (unpaired) electrons. The van der Waals surface area contributed by atoms with Gasteiger partial charge in [-0.1, -0.05) is 42.5 Å². The van der Waals surface area contributed by atoms with E-state index in [1.165, 1.54) is 22.5 Å². The van der Waals surface area contributed by atoms with Crippen LogP contribution in [-0.2, 0) is 10.0 Å². The Morgan fingerprint density at radius 2 is 1.22 bits per heavy atom. The minimum absolute atomic E-state index is 0.0924. The number of anilines is 2. The van der Waals surface area contributed by atoms with Gasteiger partial charge in [0.05, 0.1) is 16.3 Å². The number of hydrogen-bond donors (Lipinski definition) is 0. The van der Waals surface area contributed by atoms with Gasteiger partial charge in [-0.05, 0) is 42.5 Å². The lowest BCUT2D eigenvalue weighted by Crippen LogP contribution is -2.26. The van der Waals surface area contributed by atoms with Gasteiger partial charge >= 0.3 is 0 Å². The lowest BCUT2D eigenvalue weighted by Gasteiger charge is -2.24. The summed E-state index contributed by atoms with van der Waals surface area (Å²) < 4.78 is 40.8. The summed E-state index contributed by atoms with van der Waals surface area (Å²) in [4.78, 5) is -0.0924. The number of benzene rings is 3. The van der Waals surface area contributed by atoms with Crippen molar-refractivity contribution in [2.45, 2.75) is 4.90 Å². The van der Waals surface area contributed by atoms with E-state index >= 15 is 0 Å². The van der Waals surface area contributed by atoms with Crippen LogP contribution in [0, 0.1) is 5.82 Å². The zero-order chi connectivity index (χ0) is 16.3. The highest BCUT2D eigenvalue weighted by Crippen LogP contribution is 2.32. The first-order chi connectivity index (χ1) is 11.1. The molecule has 116 valence electrons. The van der Waals surface area contributed by atoms with Gasteiger partial charge in [-0.3, -0.25) is 0 Å². The molecule has 0 amide bonds. The van der Waals surface area contributed by atoms with E-state index < -0.39 is 15.8 Å². The minimum atomic E-state index is -3.94. The number of sulfonamides is 1. The van der Waals surface area contributed by atoms with E-state index in [-0.39, 0.29) is 4.90 Å². The Labute approximate surface area is 134 Å². The van der Waals surface area contributed by atoms with Crippen molar-refractivity contribution < 1.29 is 12.8 Å². The van der Waals surface area contributed by atoms with Gasteiger partial charge in [0.15, 0.2) is 0 Å². The highest BCUT2D eigenvalue weighted by atomic mass is 32.2. The van der Waals surface area contributed by atoms with Crippen molar-refractivity contribution in [2.24, 2.45) is 0 Å². The van der Waals surface area contributed by atoms with Gasteiger partial charge in [0.2, 0.25) is 0 Å². The molecule has 0 aromatic heterocycles. The predicted molar refractivity (Wildman–Crippen MR) is 88.6 cm³/mol. The van der Waals surface area contributed by atoms with Crippen molar-refractivity contribution in [3.05, 3.63) is 90.7 Å². The number of nitrogens with zero attached hydrogens (tertiary/aromatic N) is 1. The second-order valence-corrected chi connectivity index (χ2v) is 6.68. The number of halogens is 1. The average Bonchev–Trinajstić information content (AvgIpc) is 2.57. The molecule has 0 fully saturated rings. The molecule has 0 bridgehead atoms. The Hall–Kier alpha value is -2.66. The summed E-state index contributed by atoms with van der Waals surface area (Å²) in [6.07, 6.45) is 0. The molecule has 0 aliphatic heterocycles. The molecule has 0 aliphatic rings. The monoisotopic (exact) mass is 327 g/mol. The molecule has 0 unspecified atom stereocenters. The third-order valence-corrected chi connectivity index (χ3v) is 5.07. The first-order valence-electron chi connectivity index (χ1n) is 7.00. The van der Waals surface area contributed by atoms with Gasteiger partial charge < -0.3 is 0 Å². The zero-order valence-corrected chi connectivity index (χ0v) is 12.9. The summed E-state index contributed by atoms with van der Waals surface area (Å²) in [5.74, 6) is -0.591. The lowest BCUT2D eigenvalue weighted by atomic mass is 10.3. The summed E-state index contributed by atoms with van der Waals surface area (Å²) in [7, 11) is -3.94. The van der Waals surface area contributed by atoms with Gasteiger partial charge in [-0.15, -0.1) is 0 Å². The predicted octanol–water partition coefficient (Wildman–Crippen LogP) is 4.35. The Morgan fingerprint density at radius 3 is 1.70 bits per heavy atom. The molecule has 0 aliphatic carbocycles. The standard InChI is InChI=1S/C18H14FNO2S/c19-15-8-7-13-18(14-15)23(21,22)20(16-9-3-1-4-10-16)17-11-5-2-6-12-17/h1-14H. The smallest absolute Gasteiger partial charge is 0.235 e. The van der Waals surface area contributed by atoms with Gasteiger partial charge in [-0.2, -0.15) is 0 Å². The van der Waals surface area contributed by atoms with E-state index in [0.717, 1.165) is 6.07 Å². The second-order valence-electron chi connectivity index (χ2n) is 4.90. The van der Waals surface area contributed by atoms with E-state index in [1.54, 1.807) is 48.5 Å². The molecular weight excluding hydrogens is 313 g/mol. The van der Waals surface area contributed by atoms with E-state index in [4.69, 9.17) is 0 Å². The summed E-state index contributed by atoms with van der Waals surface area (Å²) >= 11 is 0. The van der Waals surface area contributed by atoms with E-state index in [0.29, 0.717) is 11.4 Å². The van der Waals surface area contributed by atoms with Gasteiger partial charge in [0.25, 0.3) is 10.0 Å². The zero-order valence-electron chi connectivity index (χ0n) is 12.1. The lowest BCUT2D eigenvalue weighted by molar-refractivity contribution is 0.591. The molecule has 0 atom stereocenters. The van der Waals surface area contributed by atoms with E-state index in [1.807, 2.05) is 12.1 Å². The fraction of sp³-hybridized carbons (Fsp3) is 0. The third kappa shape index (κ3) is 3.10. The fourth-order valence-corrected chi connectivity index (χ4v) is 3.81. The topological polar surface area (TPSA) is 37.4 Å². The largest absolute Gasteiger partial charge is 0.268 e. The first-order valence-corrected chi connectivity index (χ1v) is 8.44. The van der Waals surface area contributed by atoms with Crippen LogP contribution in [-0.4, -0.2) is 8.42 Å². The Bertz CT molecular complexity index is 857. The maximum absolute atomic E-state index is 13.5. The van der Waals surface area contributed by atoms with Crippen LogP contribution in [0.5, 0.6) is 0 Å².